The van der Waals surface area contributed by atoms with E-state index in [0.717, 1.165) is 30.9 Å². The molecule has 3 saturated heterocycles. The molecular weight excluding hydrogens is 524 g/mol. The maximum atomic E-state index is 14.7. The number of benzene rings is 1. The van der Waals surface area contributed by atoms with Gasteiger partial charge in [0.05, 0.1) is 29.2 Å². The van der Waals surface area contributed by atoms with Crippen LogP contribution in [0, 0.1) is 17.8 Å². The van der Waals surface area contributed by atoms with E-state index in [1.807, 2.05) is 24.3 Å². The summed E-state index contributed by atoms with van der Waals surface area (Å²) in [6.07, 6.45) is 4.14. The molecule has 0 radical (unpaired) electrons. The predicted molar refractivity (Wildman–Crippen MR) is 162 cm³/mol. The second-order valence-corrected chi connectivity index (χ2v) is 12.8. The second kappa shape index (κ2) is 12.0. The zero-order valence-electron chi connectivity index (χ0n) is 24.5. The lowest BCUT2D eigenvalue weighted by Crippen LogP contribution is -2.59. The molecule has 2 bridgehead atoms. The zero-order chi connectivity index (χ0) is 29.4. The Kier molecular flexibility index (Phi) is 9.05. The molecule has 8 nitrogen and oxygen atoms in total. The fourth-order valence-electron chi connectivity index (χ4n) is 7.15. The molecule has 7 atom stereocenters. The molecule has 3 unspecified atom stereocenters. The summed E-state index contributed by atoms with van der Waals surface area (Å²) in [5.41, 5.74) is 1.81. The van der Waals surface area contributed by atoms with Crippen molar-refractivity contribution in [1.29, 1.82) is 0 Å². The quantitative estimate of drug-likeness (QED) is 0.389. The molecule has 0 aromatic heterocycles. The number of fused-ring (bicyclic) bond motifs is 1. The average molecular weight is 569 g/mol. The minimum atomic E-state index is -0.804. The van der Waals surface area contributed by atoms with Gasteiger partial charge in [-0.1, -0.05) is 19.1 Å². The number of carbonyl (C=O) groups is 3. The summed E-state index contributed by atoms with van der Waals surface area (Å²) in [6.45, 7) is 17.9. The van der Waals surface area contributed by atoms with Gasteiger partial charge in [0.15, 0.2) is 0 Å². The van der Waals surface area contributed by atoms with Gasteiger partial charge in [-0.15, -0.1) is 24.9 Å². The van der Waals surface area contributed by atoms with Crippen molar-refractivity contribution >= 4 is 40.9 Å². The van der Waals surface area contributed by atoms with Gasteiger partial charge in [0, 0.05) is 49.9 Å². The van der Waals surface area contributed by atoms with Gasteiger partial charge in [0.25, 0.3) is 5.91 Å². The van der Waals surface area contributed by atoms with Gasteiger partial charge in [-0.3, -0.25) is 14.4 Å². The van der Waals surface area contributed by atoms with E-state index in [-0.39, 0.29) is 42.0 Å². The second-order valence-electron chi connectivity index (χ2n) is 11.3. The van der Waals surface area contributed by atoms with Crippen LogP contribution in [0.4, 0.5) is 11.4 Å². The molecule has 0 saturated carbocycles. The first-order chi connectivity index (χ1) is 19.1. The standard InChI is InChI=1S/C31H44N4O4S/c1-8-16-32(7)28(37)25-24-18-20(5)31(40-24)26(25)29(38)35(21(6)19-36)27(31)30(39)34(17-9-2)23-14-12-22(13-15-23)33(10-3)11-4/h8-9,12-15,20-21,24-27,36H,1-2,10-11,16-19H2,3-7H3/t20?,21-,24+,25-,26+,27?,31?/m1/s1. The normalized spacial score (nSPS) is 29.2. The highest BCUT2D eigenvalue weighted by molar-refractivity contribution is 8.02. The number of likely N-dealkylation sites (tertiary alicyclic amines) is 1. The summed E-state index contributed by atoms with van der Waals surface area (Å²) in [5, 5.41) is 10.2. The Labute approximate surface area is 243 Å². The number of thioether (sulfide) groups is 1. The number of aliphatic hydroxyl groups excluding tert-OH is 1. The molecule has 3 amide bonds. The number of carbonyl (C=O) groups excluding carboxylic acids is 3. The van der Waals surface area contributed by atoms with Gasteiger partial charge < -0.3 is 24.7 Å². The van der Waals surface area contributed by atoms with Crippen molar-refractivity contribution in [3.63, 3.8) is 0 Å². The molecule has 1 spiro atoms. The van der Waals surface area contributed by atoms with Crippen LogP contribution in [0.3, 0.4) is 0 Å². The molecule has 3 fully saturated rings. The lowest BCUT2D eigenvalue weighted by Gasteiger charge is -2.41. The molecule has 3 aliphatic rings. The Balaban J connectivity index is 1.78. The van der Waals surface area contributed by atoms with Crippen LogP contribution in [0.1, 0.15) is 34.1 Å². The lowest BCUT2D eigenvalue weighted by atomic mass is 9.65. The molecule has 9 heteroatoms. The number of hydrogen-bond donors (Lipinski definition) is 1. The van der Waals surface area contributed by atoms with Gasteiger partial charge in [-0.05, 0) is 57.4 Å². The van der Waals surface area contributed by atoms with Crippen molar-refractivity contribution in [3.8, 4) is 0 Å². The van der Waals surface area contributed by atoms with Crippen LogP contribution >= 0.6 is 11.8 Å². The van der Waals surface area contributed by atoms with Gasteiger partial charge in [0.2, 0.25) is 11.8 Å². The monoisotopic (exact) mass is 568 g/mol. The van der Waals surface area contributed by atoms with Crippen molar-refractivity contribution in [3.05, 3.63) is 49.6 Å². The van der Waals surface area contributed by atoms with E-state index in [9.17, 15) is 19.5 Å². The molecule has 1 N–H and O–H groups in total. The fourth-order valence-corrected chi connectivity index (χ4v) is 9.55. The summed E-state index contributed by atoms with van der Waals surface area (Å²) in [5.74, 6) is -1.56. The molecule has 4 rings (SSSR count). The van der Waals surface area contributed by atoms with Crippen molar-refractivity contribution in [2.75, 3.05) is 49.6 Å². The average Bonchev–Trinajstić information content (AvgIpc) is 3.55. The maximum absolute atomic E-state index is 14.7. The maximum Gasteiger partial charge on any atom is 0.251 e. The smallest absolute Gasteiger partial charge is 0.251 e. The molecular formula is C31H44N4O4S. The predicted octanol–water partition coefficient (Wildman–Crippen LogP) is 3.41. The van der Waals surface area contributed by atoms with E-state index in [1.165, 1.54) is 0 Å². The molecule has 3 heterocycles. The Morgan fingerprint density at radius 2 is 1.73 bits per heavy atom. The molecule has 0 aliphatic carbocycles. The number of amides is 3. The SMILES string of the molecule is C=CCN(C)C(=O)[C@@H]1[C@@H]2CC(C)C3(S2)C(C(=O)N(CC=C)c2ccc(N(CC)CC)cc2)N([C@H](C)CO)C(=O)[C@H]13. The van der Waals surface area contributed by atoms with Crippen molar-refractivity contribution in [2.24, 2.45) is 17.8 Å². The number of anilines is 2. The van der Waals surface area contributed by atoms with E-state index in [4.69, 9.17) is 0 Å². The number of likely N-dealkylation sites (N-methyl/N-ethyl adjacent to an activating group) is 1. The Hall–Kier alpha value is -2.78. The van der Waals surface area contributed by atoms with Gasteiger partial charge in [-0.2, -0.15) is 0 Å². The van der Waals surface area contributed by atoms with E-state index in [2.05, 4.69) is 38.8 Å². The minimum absolute atomic E-state index is 0.0354. The number of aliphatic hydroxyl groups is 1. The van der Waals surface area contributed by atoms with Crippen LogP contribution in [-0.2, 0) is 14.4 Å². The highest BCUT2D eigenvalue weighted by atomic mass is 32.2. The van der Waals surface area contributed by atoms with Gasteiger partial charge >= 0.3 is 0 Å². The minimum Gasteiger partial charge on any atom is -0.394 e. The molecule has 218 valence electrons. The van der Waals surface area contributed by atoms with Crippen molar-refractivity contribution in [1.82, 2.24) is 9.80 Å². The summed E-state index contributed by atoms with van der Waals surface area (Å²) < 4.78 is -0.752. The first-order valence-corrected chi connectivity index (χ1v) is 15.2. The van der Waals surface area contributed by atoms with Crippen LogP contribution in [0.2, 0.25) is 0 Å². The summed E-state index contributed by atoms with van der Waals surface area (Å²) in [4.78, 5) is 49.8. The highest BCUT2D eigenvalue weighted by Gasteiger charge is 2.76. The topological polar surface area (TPSA) is 84.4 Å². The Morgan fingerprint density at radius 1 is 1.12 bits per heavy atom. The molecule has 3 aliphatic heterocycles. The lowest BCUT2D eigenvalue weighted by molar-refractivity contribution is -0.144. The van der Waals surface area contributed by atoms with Crippen molar-refractivity contribution < 1.29 is 19.5 Å². The zero-order valence-corrected chi connectivity index (χ0v) is 25.3. The third kappa shape index (κ3) is 4.65. The van der Waals surface area contributed by atoms with Gasteiger partial charge in [0.1, 0.15) is 6.04 Å². The Bertz CT molecular complexity index is 1140. The number of nitrogens with zero attached hydrogens (tertiary/aromatic N) is 4. The fraction of sp³-hybridized carbons (Fsp3) is 0.581. The van der Waals surface area contributed by atoms with Crippen LogP contribution in [0.5, 0.6) is 0 Å². The summed E-state index contributed by atoms with van der Waals surface area (Å²) in [6, 6.07) is 6.56. The molecule has 40 heavy (non-hydrogen) atoms. The Morgan fingerprint density at radius 3 is 2.27 bits per heavy atom. The summed E-state index contributed by atoms with van der Waals surface area (Å²) in [7, 11) is 1.74. The van der Waals surface area contributed by atoms with E-state index < -0.39 is 28.7 Å². The number of rotatable bonds is 12. The summed E-state index contributed by atoms with van der Waals surface area (Å²) >= 11 is 1.65. The van der Waals surface area contributed by atoms with Crippen molar-refractivity contribution in [2.45, 2.75) is 56.2 Å². The molecule has 1 aromatic rings. The third-order valence-electron chi connectivity index (χ3n) is 9.09. The van der Waals surface area contributed by atoms with Crippen LogP contribution in [0.25, 0.3) is 0 Å². The van der Waals surface area contributed by atoms with Gasteiger partial charge in [-0.25, -0.2) is 0 Å². The molecule has 1 aromatic carbocycles. The van der Waals surface area contributed by atoms with E-state index in [0.29, 0.717) is 6.54 Å². The largest absolute Gasteiger partial charge is 0.394 e. The first-order valence-electron chi connectivity index (χ1n) is 14.4. The van der Waals surface area contributed by atoms with Crippen LogP contribution in [0.15, 0.2) is 49.6 Å². The van der Waals surface area contributed by atoms with E-state index >= 15 is 0 Å². The van der Waals surface area contributed by atoms with E-state index in [1.54, 1.807) is 52.6 Å². The first kappa shape index (κ1) is 30.2. The number of hydrogen-bond acceptors (Lipinski definition) is 6. The van der Waals surface area contributed by atoms with Crippen LogP contribution < -0.4 is 9.80 Å². The highest BCUT2D eigenvalue weighted by Crippen LogP contribution is 2.69. The van der Waals surface area contributed by atoms with Crippen LogP contribution in [-0.4, -0.2) is 94.5 Å². The third-order valence-corrected chi connectivity index (χ3v) is 11.2.